The van der Waals surface area contributed by atoms with Crippen LogP contribution in [0.5, 0.6) is 23.0 Å². The van der Waals surface area contributed by atoms with E-state index in [-0.39, 0.29) is 40.8 Å². The molecule has 0 heterocycles. The van der Waals surface area contributed by atoms with Gasteiger partial charge >= 0.3 is 5.97 Å². The van der Waals surface area contributed by atoms with E-state index in [1.807, 2.05) is 0 Å². The maximum Gasteiger partial charge on any atom is 0.342 e. The normalized spacial score (nSPS) is 12.7. The highest BCUT2D eigenvalue weighted by molar-refractivity contribution is 5.94. The number of hydrogen-bond donors (Lipinski definition) is 5. The average Bonchev–Trinajstić information content (AvgIpc) is 2.91. The maximum atomic E-state index is 13.2. The molecule has 2 atom stereocenters. The predicted octanol–water partition coefficient (Wildman–Crippen LogP) is 8.46. The van der Waals surface area contributed by atoms with Gasteiger partial charge in [0.25, 0.3) is 0 Å². The molecule has 7 nitrogen and oxygen atoms in total. The molecule has 236 valence electrons. The first-order chi connectivity index (χ1) is 20.2. The molecule has 7 heteroatoms. The van der Waals surface area contributed by atoms with Crippen LogP contribution in [0, 0.1) is 0 Å². The number of phenols is 4. The van der Waals surface area contributed by atoms with Crippen LogP contribution in [0.25, 0.3) is 0 Å². The lowest BCUT2D eigenvalue weighted by molar-refractivity contribution is 0.0249. The molecule has 0 amide bonds. The molecular formula is C35H54O7. The molecule has 0 fully saturated rings. The highest BCUT2D eigenvalue weighted by atomic mass is 16.5. The summed E-state index contributed by atoms with van der Waals surface area (Å²) in [5, 5.41) is 49.7. The summed E-state index contributed by atoms with van der Waals surface area (Å²) < 4.78 is 5.90. The monoisotopic (exact) mass is 586 g/mol. The third-order valence-corrected chi connectivity index (χ3v) is 7.83. The first kappa shape index (κ1) is 35.3. The number of aliphatic hydroxyl groups is 1. The van der Waals surface area contributed by atoms with Crippen LogP contribution in [0.3, 0.4) is 0 Å². The Morgan fingerprint density at radius 3 is 1.83 bits per heavy atom. The molecule has 0 unspecified atom stereocenters. The zero-order valence-corrected chi connectivity index (χ0v) is 25.8. The third kappa shape index (κ3) is 13.8. The van der Waals surface area contributed by atoms with Crippen LogP contribution in [0.1, 0.15) is 138 Å². The van der Waals surface area contributed by atoms with E-state index in [0.717, 1.165) is 115 Å². The Morgan fingerprint density at radius 1 is 0.643 bits per heavy atom. The Kier molecular flexibility index (Phi) is 16.8. The van der Waals surface area contributed by atoms with Crippen LogP contribution in [-0.4, -0.2) is 43.7 Å². The van der Waals surface area contributed by atoms with E-state index in [9.17, 15) is 30.3 Å². The third-order valence-electron chi connectivity index (χ3n) is 7.83. The van der Waals surface area contributed by atoms with E-state index >= 15 is 0 Å². The maximum absolute atomic E-state index is 13.2. The Balaban J connectivity index is 1.78. The first-order valence-electron chi connectivity index (χ1n) is 16.2. The minimum atomic E-state index is -0.528. The largest absolute Gasteiger partial charge is 0.508 e. The van der Waals surface area contributed by atoms with Crippen molar-refractivity contribution in [3.8, 4) is 23.0 Å². The first-order valence-corrected chi connectivity index (χ1v) is 16.2. The van der Waals surface area contributed by atoms with Crippen LogP contribution in [0.15, 0.2) is 30.3 Å². The van der Waals surface area contributed by atoms with Gasteiger partial charge in [0.1, 0.15) is 34.7 Å². The standard InChI is InChI=1S/C35H54O7/c1-3-15-28(36)19-13-9-6-8-12-18-27-23-31(39)25-33(40)34(27)35(41)42-32(16-4-2)20-14-10-5-7-11-17-26-21-29(37)24-30(38)22-26/h21-25,28,32,36-40H,3-20H2,1-2H3/t28-,32-/m0/s1. The van der Waals surface area contributed by atoms with E-state index in [1.165, 1.54) is 12.1 Å². The summed E-state index contributed by atoms with van der Waals surface area (Å²) >= 11 is 0. The molecule has 0 radical (unpaired) electrons. The number of aliphatic hydroxyl groups excluding tert-OH is 1. The number of carbonyl (C=O) groups is 1. The Hall–Kier alpha value is -2.93. The lowest BCUT2D eigenvalue weighted by Gasteiger charge is -2.19. The van der Waals surface area contributed by atoms with Gasteiger partial charge in [0, 0.05) is 12.1 Å². The van der Waals surface area contributed by atoms with Crippen LogP contribution in [0.2, 0.25) is 0 Å². The molecule has 0 spiro atoms. The van der Waals surface area contributed by atoms with E-state index in [4.69, 9.17) is 4.74 Å². The molecule has 2 aromatic rings. The molecule has 0 aliphatic heterocycles. The number of esters is 1. The molecule has 5 N–H and O–H groups in total. The van der Waals surface area contributed by atoms with Crippen LogP contribution in [-0.2, 0) is 17.6 Å². The Bertz CT molecular complexity index is 1030. The summed E-state index contributed by atoms with van der Waals surface area (Å²) in [5.74, 6) is -0.662. The number of hydrogen-bond acceptors (Lipinski definition) is 7. The van der Waals surface area contributed by atoms with Gasteiger partial charge in [-0.15, -0.1) is 0 Å². The van der Waals surface area contributed by atoms with Gasteiger partial charge in [-0.1, -0.05) is 71.6 Å². The van der Waals surface area contributed by atoms with Gasteiger partial charge in [-0.25, -0.2) is 4.79 Å². The molecule has 0 aromatic heterocycles. The summed E-state index contributed by atoms with van der Waals surface area (Å²) in [5.41, 5.74) is 1.71. The lowest BCUT2D eigenvalue weighted by atomic mass is 9.98. The summed E-state index contributed by atoms with van der Waals surface area (Å²) in [6.07, 6.45) is 16.0. The van der Waals surface area contributed by atoms with Crippen molar-refractivity contribution in [1.29, 1.82) is 0 Å². The Morgan fingerprint density at radius 2 is 1.19 bits per heavy atom. The van der Waals surface area contributed by atoms with Crippen molar-refractivity contribution in [3.05, 3.63) is 47.0 Å². The topological polar surface area (TPSA) is 127 Å². The molecule has 2 rings (SSSR count). The van der Waals surface area contributed by atoms with Crippen LogP contribution >= 0.6 is 0 Å². The highest BCUT2D eigenvalue weighted by Crippen LogP contribution is 2.30. The fraction of sp³-hybridized carbons (Fsp3) is 0.629. The van der Waals surface area contributed by atoms with E-state index in [0.29, 0.717) is 12.0 Å². The second-order valence-electron chi connectivity index (χ2n) is 11.7. The van der Waals surface area contributed by atoms with Crippen molar-refractivity contribution in [2.75, 3.05) is 0 Å². The smallest absolute Gasteiger partial charge is 0.342 e. The number of aromatic hydroxyl groups is 4. The van der Waals surface area contributed by atoms with Crippen molar-refractivity contribution in [3.63, 3.8) is 0 Å². The quantitative estimate of drug-likeness (QED) is 0.0691. The average molecular weight is 587 g/mol. The lowest BCUT2D eigenvalue weighted by Crippen LogP contribution is -2.19. The van der Waals surface area contributed by atoms with Crippen molar-refractivity contribution >= 4 is 5.97 Å². The Labute approximate surface area is 252 Å². The number of rotatable bonds is 22. The summed E-state index contributed by atoms with van der Waals surface area (Å²) in [6.45, 7) is 4.14. The minimum absolute atomic E-state index is 0.0602. The van der Waals surface area contributed by atoms with E-state index in [2.05, 4.69) is 13.8 Å². The van der Waals surface area contributed by atoms with E-state index in [1.54, 1.807) is 18.2 Å². The number of ether oxygens (including phenoxy) is 1. The van der Waals surface area contributed by atoms with Crippen LogP contribution in [0.4, 0.5) is 0 Å². The zero-order valence-electron chi connectivity index (χ0n) is 25.8. The van der Waals surface area contributed by atoms with Gasteiger partial charge in [-0.05, 0) is 87.1 Å². The molecule has 42 heavy (non-hydrogen) atoms. The highest BCUT2D eigenvalue weighted by Gasteiger charge is 2.22. The van der Waals surface area contributed by atoms with Crippen LogP contribution < -0.4 is 0 Å². The zero-order chi connectivity index (χ0) is 30.7. The fourth-order valence-electron chi connectivity index (χ4n) is 5.63. The van der Waals surface area contributed by atoms with Crippen molar-refractivity contribution in [2.45, 2.75) is 142 Å². The van der Waals surface area contributed by atoms with Crippen molar-refractivity contribution in [1.82, 2.24) is 0 Å². The number of unbranched alkanes of at least 4 members (excludes halogenated alkanes) is 8. The number of benzene rings is 2. The molecule has 0 aliphatic rings. The second-order valence-corrected chi connectivity index (χ2v) is 11.7. The summed E-state index contributed by atoms with van der Waals surface area (Å²) in [7, 11) is 0. The van der Waals surface area contributed by atoms with Gasteiger partial charge in [-0.3, -0.25) is 0 Å². The number of aryl methyl sites for hydroxylation is 2. The van der Waals surface area contributed by atoms with Gasteiger partial charge in [-0.2, -0.15) is 0 Å². The predicted molar refractivity (Wildman–Crippen MR) is 167 cm³/mol. The van der Waals surface area contributed by atoms with Crippen molar-refractivity contribution < 1.29 is 35.1 Å². The second kappa shape index (κ2) is 20.1. The molecule has 0 aliphatic carbocycles. The molecule has 0 bridgehead atoms. The molecule has 2 aromatic carbocycles. The summed E-state index contributed by atoms with van der Waals surface area (Å²) in [6, 6.07) is 7.46. The SMILES string of the molecule is CCC[C@H](O)CCCCCCCc1cc(O)cc(O)c1C(=O)O[C@@H](CCC)CCCCCCCc1cc(O)cc(O)c1. The van der Waals surface area contributed by atoms with Gasteiger partial charge in [0.2, 0.25) is 0 Å². The number of carbonyl (C=O) groups excluding carboxylic acids is 1. The van der Waals surface area contributed by atoms with Crippen molar-refractivity contribution in [2.24, 2.45) is 0 Å². The van der Waals surface area contributed by atoms with Gasteiger partial charge in [0.15, 0.2) is 0 Å². The molecular weight excluding hydrogens is 532 g/mol. The van der Waals surface area contributed by atoms with E-state index < -0.39 is 5.97 Å². The molecule has 0 saturated heterocycles. The summed E-state index contributed by atoms with van der Waals surface area (Å²) in [4.78, 5) is 13.2. The van der Waals surface area contributed by atoms with Gasteiger partial charge in [0.05, 0.1) is 6.10 Å². The fourth-order valence-corrected chi connectivity index (χ4v) is 5.63. The number of phenolic OH excluding ortho intramolecular Hbond substituents is 4. The minimum Gasteiger partial charge on any atom is -0.508 e. The van der Waals surface area contributed by atoms with Gasteiger partial charge < -0.3 is 30.3 Å². The molecule has 0 saturated carbocycles.